The minimum Gasteiger partial charge on any atom is -0.362 e. The van der Waals surface area contributed by atoms with Crippen molar-refractivity contribution < 1.29 is 0 Å². The van der Waals surface area contributed by atoms with Gasteiger partial charge in [-0.15, -0.1) is 0 Å². The topological polar surface area (TPSA) is 72.9 Å². The second-order valence-corrected chi connectivity index (χ2v) is 12.5. The molecule has 0 saturated carbocycles. The molecule has 0 aromatic carbocycles. The highest BCUT2D eigenvalue weighted by atomic mass is 15.0. The fourth-order valence-electron chi connectivity index (χ4n) is 5.53. The van der Waals surface area contributed by atoms with E-state index >= 15 is 0 Å². The predicted molar refractivity (Wildman–Crippen MR) is 139 cm³/mol. The smallest absolute Gasteiger partial charge is 0.119 e. The second kappa shape index (κ2) is 7.01. The van der Waals surface area contributed by atoms with Crippen molar-refractivity contribution in [2.75, 3.05) is 0 Å². The molecular formula is C29H35N5. The van der Waals surface area contributed by atoms with E-state index in [2.05, 4.69) is 77.2 Å². The lowest BCUT2D eigenvalue weighted by molar-refractivity contribution is 0.475. The van der Waals surface area contributed by atoms with E-state index in [0.29, 0.717) is 0 Å². The first-order chi connectivity index (χ1) is 15.7. The van der Waals surface area contributed by atoms with Gasteiger partial charge < -0.3 is 5.32 Å². The van der Waals surface area contributed by atoms with Crippen LogP contribution in [0.5, 0.6) is 0 Å². The maximum atomic E-state index is 10.2. The van der Waals surface area contributed by atoms with Crippen LogP contribution in [0.25, 0.3) is 0 Å². The molecule has 1 N–H and O–H groups in total. The van der Waals surface area contributed by atoms with Crippen LogP contribution >= 0.6 is 0 Å². The Kier molecular flexibility index (Phi) is 4.69. The first-order valence-electron chi connectivity index (χ1n) is 12.2. The molecule has 1 fully saturated rings. The molecule has 1 saturated heterocycles. The molecule has 0 aliphatic carbocycles. The van der Waals surface area contributed by atoms with Crippen molar-refractivity contribution in [3.8, 4) is 6.07 Å². The summed E-state index contributed by atoms with van der Waals surface area (Å²) in [4.78, 5) is 15.1. The molecule has 5 aliphatic rings. The summed E-state index contributed by atoms with van der Waals surface area (Å²) in [6, 6.07) is 2.54. The number of fused-ring (bicyclic) bond motifs is 5. The molecule has 8 bridgehead atoms. The number of aliphatic imine (C=N–C) groups is 3. The highest BCUT2D eigenvalue weighted by molar-refractivity contribution is 6.07. The first kappa shape index (κ1) is 22.8. The molecule has 5 heterocycles. The van der Waals surface area contributed by atoms with E-state index < -0.39 is 5.41 Å². The van der Waals surface area contributed by atoms with Crippen LogP contribution in [0.1, 0.15) is 74.7 Å². The zero-order valence-electron chi connectivity index (χ0n) is 21.7. The first-order valence-corrected chi connectivity index (χ1v) is 12.2. The number of allylic oxidation sites excluding steroid dienone is 9. The summed E-state index contributed by atoms with van der Waals surface area (Å²) in [7, 11) is 0. The van der Waals surface area contributed by atoms with E-state index in [0.717, 1.165) is 64.8 Å². The summed E-state index contributed by atoms with van der Waals surface area (Å²) in [5, 5.41) is 13.8. The Morgan fingerprint density at radius 1 is 0.765 bits per heavy atom. The lowest BCUT2D eigenvalue weighted by Crippen LogP contribution is -2.24. The number of nitriles is 1. The molecule has 0 aromatic heterocycles. The monoisotopic (exact) mass is 453 g/mol. The fraction of sp³-hybridized carbons (Fsp3) is 0.517. The molecule has 0 amide bonds. The van der Waals surface area contributed by atoms with Crippen molar-refractivity contribution in [2.24, 2.45) is 36.6 Å². The second-order valence-electron chi connectivity index (χ2n) is 12.5. The van der Waals surface area contributed by atoms with Crippen molar-refractivity contribution in [1.82, 2.24) is 5.32 Å². The van der Waals surface area contributed by atoms with Crippen LogP contribution in [0.3, 0.4) is 0 Å². The standard InChI is InChI=1S/C29H35N5/c1-17-21-12-24-28(6,7)14-19(33-24)10-22-26(2,3)13-18(31-22)9-23-27(4,5)15-20(32-23)11-25(34-21)29(17,8)16-30/h9-12,32H,13-15H2,1-8H3/b20-11-,22-10-,23-9?,24-12-. The average Bonchev–Trinajstić information content (AvgIpc) is 3.34. The Hall–Kier alpha value is -3.00. The third kappa shape index (κ3) is 3.47. The maximum absolute atomic E-state index is 10.2. The minimum atomic E-state index is -0.754. The fourth-order valence-corrected chi connectivity index (χ4v) is 5.53. The largest absolute Gasteiger partial charge is 0.362 e. The molecule has 1 unspecified atom stereocenters. The lowest BCUT2D eigenvalue weighted by Gasteiger charge is -2.20. The van der Waals surface area contributed by atoms with Gasteiger partial charge in [-0.25, -0.2) is 0 Å². The molecule has 176 valence electrons. The molecule has 1 atom stereocenters. The van der Waals surface area contributed by atoms with Crippen LogP contribution in [0.2, 0.25) is 0 Å². The van der Waals surface area contributed by atoms with Crippen molar-refractivity contribution in [2.45, 2.75) is 74.7 Å². The van der Waals surface area contributed by atoms with Crippen LogP contribution in [-0.4, -0.2) is 17.1 Å². The summed E-state index contributed by atoms with van der Waals surface area (Å²) in [5.41, 5.74) is 8.27. The predicted octanol–water partition coefficient (Wildman–Crippen LogP) is 6.56. The quantitative estimate of drug-likeness (QED) is 0.451. The number of rotatable bonds is 0. The Bertz CT molecular complexity index is 1290. The molecule has 0 radical (unpaired) electrons. The summed E-state index contributed by atoms with van der Waals surface area (Å²) in [5.74, 6) is 0. The zero-order chi connectivity index (χ0) is 24.7. The van der Waals surface area contributed by atoms with Gasteiger partial charge >= 0.3 is 0 Å². The Balaban J connectivity index is 1.75. The van der Waals surface area contributed by atoms with E-state index in [1.54, 1.807) is 0 Å². The number of hydrogen-bond donors (Lipinski definition) is 1. The Morgan fingerprint density at radius 2 is 1.35 bits per heavy atom. The highest BCUT2D eigenvalue weighted by Crippen LogP contribution is 2.46. The zero-order valence-corrected chi connectivity index (χ0v) is 21.7. The van der Waals surface area contributed by atoms with Crippen molar-refractivity contribution in [3.63, 3.8) is 0 Å². The molecule has 5 heteroatoms. The van der Waals surface area contributed by atoms with Crippen LogP contribution < -0.4 is 5.32 Å². The van der Waals surface area contributed by atoms with Crippen LogP contribution in [0, 0.1) is 33.0 Å². The maximum Gasteiger partial charge on any atom is 0.119 e. The van der Waals surface area contributed by atoms with E-state index in [1.807, 2.05) is 13.8 Å². The Morgan fingerprint density at radius 3 is 1.97 bits per heavy atom. The molecule has 34 heavy (non-hydrogen) atoms. The van der Waals surface area contributed by atoms with Gasteiger partial charge in [0.1, 0.15) is 5.41 Å². The molecule has 5 rings (SSSR count). The summed E-state index contributed by atoms with van der Waals surface area (Å²) in [6.07, 6.45) is 11.3. The third-order valence-corrected chi connectivity index (χ3v) is 8.13. The van der Waals surface area contributed by atoms with Gasteiger partial charge in [-0.1, -0.05) is 41.5 Å². The van der Waals surface area contributed by atoms with Crippen LogP contribution in [0.4, 0.5) is 0 Å². The van der Waals surface area contributed by atoms with Gasteiger partial charge in [0.25, 0.3) is 0 Å². The summed E-state index contributed by atoms with van der Waals surface area (Å²) < 4.78 is 0. The van der Waals surface area contributed by atoms with Crippen molar-refractivity contribution in [1.29, 1.82) is 5.26 Å². The van der Waals surface area contributed by atoms with Gasteiger partial charge in [0.15, 0.2) is 0 Å². The van der Waals surface area contributed by atoms with E-state index in [-0.39, 0.29) is 16.2 Å². The molecule has 0 aromatic rings. The number of hydrogen-bond acceptors (Lipinski definition) is 5. The van der Waals surface area contributed by atoms with Crippen molar-refractivity contribution >= 4 is 17.1 Å². The normalized spacial score (nSPS) is 35.0. The van der Waals surface area contributed by atoms with Gasteiger partial charge in [-0.2, -0.15) is 5.26 Å². The van der Waals surface area contributed by atoms with Crippen LogP contribution in [-0.2, 0) is 0 Å². The third-order valence-electron chi connectivity index (χ3n) is 8.13. The summed E-state index contributed by atoms with van der Waals surface area (Å²) >= 11 is 0. The van der Waals surface area contributed by atoms with Gasteiger partial charge in [0, 0.05) is 63.3 Å². The number of nitrogens with zero attached hydrogens (tertiary/aromatic N) is 4. The lowest BCUT2D eigenvalue weighted by atomic mass is 9.79. The van der Waals surface area contributed by atoms with E-state index in [4.69, 9.17) is 15.0 Å². The molecule has 0 spiro atoms. The average molecular weight is 454 g/mol. The van der Waals surface area contributed by atoms with Crippen LogP contribution in [0.15, 0.2) is 73.3 Å². The molecular weight excluding hydrogens is 418 g/mol. The van der Waals surface area contributed by atoms with Gasteiger partial charge in [-0.3, -0.25) is 15.0 Å². The number of nitrogens with one attached hydrogen (secondary N) is 1. The molecule has 5 nitrogen and oxygen atoms in total. The van der Waals surface area contributed by atoms with Gasteiger partial charge in [0.05, 0.1) is 17.5 Å². The molecule has 5 aliphatic heterocycles. The van der Waals surface area contributed by atoms with Gasteiger partial charge in [0.2, 0.25) is 0 Å². The van der Waals surface area contributed by atoms with Crippen molar-refractivity contribution in [3.05, 3.63) is 58.4 Å². The highest BCUT2D eigenvalue weighted by Gasteiger charge is 2.42. The minimum absolute atomic E-state index is 0.0289. The summed E-state index contributed by atoms with van der Waals surface area (Å²) in [6.45, 7) is 17.5. The van der Waals surface area contributed by atoms with E-state index in [1.165, 1.54) is 5.70 Å². The SMILES string of the molecule is CC1=C2/C=C3N=C(/C=C4\N=C(C=C5N/C(=C\C(=N2)C1(C)C#N)CC5(C)C)CC4(C)C)CC\3(C)C. The van der Waals surface area contributed by atoms with E-state index in [9.17, 15) is 5.26 Å². The van der Waals surface area contributed by atoms with Gasteiger partial charge in [-0.05, 0) is 50.1 Å². The Labute approximate surface area is 203 Å².